The van der Waals surface area contributed by atoms with Gasteiger partial charge in [-0.1, -0.05) is 60.9 Å². The van der Waals surface area contributed by atoms with Crippen LogP contribution in [-0.4, -0.2) is 28.8 Å². The van der Waals surface area contributed by atoms with Crippen molar-refractivity contribution in [3.05, 3.63) is 63.9 Å². The molecular formula is C22H23Cl2FN4S. The van der Waals surface area contributed by atoms with E-state index in [4.69, 9.17) is 40.5 Å². The average Bonchev–Trinajstić information content (AvgIpc) is 3.06. The highest BCUT2D eigenvalue weighted by atomic mass is 35.5. The number of hydrazine groups is 1. The van der Waals surface area contributed by atoms with Crippen LogP contribution in [0, 0.1) is 11.7 Å². The van der Waals surface area contributed by atoms with Gasteiger partial charge >= 0.3 is 0 Å². The Bertz CT molecular complexity index is 960. The highest BCUT2D eigenvalue weighted by Crippen LogP contribution is 2.42. The lowest BCUT2D eigenvalue weighted by atomic mass is 9.91. The summed E-state index contributed by atoms with van der Waals surface area (Å²) >= 11 is 18.3. The maximum absolute atomic E-state index is 13.6. The third-order valence-electron chi connectivity index (χ3n) is 5.60. The largest absolute Gasteiger partial charge is 0.308 e. The number of rotatable bonds is 4. The van der Waals surface area contributed by atoms with Crippen molar-refractivity contribution in [2.75, 3.05) is 18.1 Å². The Hall–Kier alpha value is -1.73. The number of nitrogens with one attached hydrogen (secondary N) is 1. The predicted octanol–water partition coefficient (Wildman–Crippen LogP) is 6.00. The van der Waals surface area contributed by atoms with Crippen LogP contribution in [0.2, 0.25) is 10.0 Å². The van der Waals surface area contributed by atoms with Gasteiger partial charge in [-0.05, 0) is 48.7 Å². The second-order valence-corrected chi connectivity index (χ2v) is 8.95. The van der Waals surface area contributed by atoms with Crippen molar-refractivity contribution >= 4 is 51.8 Å². The van der Waals surface area contributed by atoms with Crippen LogP contribution in [0.25, 0.3) is 0 Å². The Morgan fingerprint density at radius 1 is 1.10 bits per heavy atom. The molecule has 2 atom stereocenters. The third-order valence-corrected chi connectivity index (χ3v) is 6.44. The fourth-order valence-corrected chi connectivity index (χ4v) is 4.90. The number of anilines is 1. The van der Waals surface area contributed by atoms with Gasteiger partial charge in [0.2, 0.25) is 0 Å². The zero-order valence-corrected chi connectivity index (χ0v) is 18.9. The summed E-state index contributed by atoms with van der Waals surface area (Å²) in [5, 5.41) is 9.96. The van der Waals surface area contributed by atoms with E-state index in [1.165, 1.54) is 18.6 Å². The van der Waals surface area contributed by atoms with Crippen LogP contribution in [0.3, 0.4) is 0 Å². The van der Waals surface area contributed by atoms with Crippen LogP contribution >= 0.6 is 35.4 Å². The predicted molar refractivity (Wildman–Crippen MR) is 126 cm³/mol. The molecule has 158 valence electrons. The molecule has 2 aliphatic heterocycles. The molecule has 2 aromatic carbocycles. The van der Waals surface area contributed by atoms with Crippen molar-refractivity contribution < 1.29 is 4.39 Å². The quantitative estimate of drug-likeness (QED) is 0.561. The zero-order chi connectivity index (χ0) is 21.3. The Kier molecular flexibility index (Phi) is 6.58. The van der Waals surface area contributed by atoms with Gasteiger partial charge in [0.15, 0.2) is 0 Å². The Morgan fingerprint density at radius 2 is 1.80 bits per heavy atom. The van der Waals surface area contributed by atoms with E-state index in [9.17, 15) is 4.39 Å². The van der Waals surface area contributed by atoms with E-state index in [0.29, 0.717) is 15.0 Å². The van der Waals surface area contributed by atoms with Gasteiger partial charge in [-0.25, -0.2) is 9.40 Å². The number of hydrazone groups is 1. The van der Waals surface area contributed by atoms with E-state index in [1.807, 2.05) is 11.1 Å². The van der Waals surface area contributed by atoms with Crippen molar-refractivity contribution in [1.29, 1.82) is 0 Å². The summed E-state index contributed by atoms with van der Waals surface area (Å²) in [6.07, 6.45) is 3.56. The average molecular weight is 465 g/mol. The molecule has 2 unspecified atom stereocenters. The molecule has 4 rings (SSSR count). The van der Waals surface area contributed by atoms with Crippen LogP contribution in [0.15, 0.2) is 47.6 Å². The number of hydrogen-bond acceptors (Lipinski definition) is 4. The molecular weight excluding hydrogens is 442 g/mol. The van der Waals surface area contributed by atoms with Crippen LogP contribution in [0.4, 0.5) is 10.1 Å². The van der Waals surface area contributed by atoms with Crippen molar-refractivity contribution in [2.45, 2.75) is 32.2 Å². The molecule has 0 radical (unpaired) electrons. The van der Waals surface area contributed by atoms with Gasteiger partial charge in [-0.2, -0.15) is 5.10 Å². The van der Waals surface area contributed by atoms with Gasteiger partial charge in [0.05, 0.1) is 16.8 Å². The van der Waals surface area contributed by atoms with E-state index < -0.39 is 0 Å². The molecule has 0 bridgehead atoms. The van der Waals surface area contributed by atoms with E-state index in [0.717, 1.165) is 42.9 Å². The number of halogens is 3. The van der Waals surface area contributed by atoms with Gasteiger partial charge < -0.3 is 5.43 Å². The van der Waals surface area contributed by atoms with Gasteiger partial charge in [0, 0.05) is 24.0 Å². The molecule has 2 aliphatic rings. The molecule has 1 fully saturated rings. The van der Waals surface area contributed by atoms with Crippen molar-refractivity contribution in [3.63, 3.8) is 0 Å². The molecule has 0 spiro atoms. The summed E-state index contributed by atoms with van der Waals surface area (Å²) in [6, 6.07) is 11.7. The smallest absolute Gasteiger partial charge is 0.137 e. The number of benzene rings is 2. The summed E-state index contributed by atoms with van der Waals surface area (Å²) < 4.78 is 13.6. The fraction of sp³-hybridized carbons (Fsp3) is 0.364. The second kappa shape index (κ2) is 9.18. The summed E-state index contributed by atoms with van der Waals surface area (Å²) in [5.41, 5.74) is 5.82. The lowest BCUT2D eigenvalue weighted by Gasteiger charge is -2.29. The lowest BCUT2D eigenvalue weighted by molar-refractivity contribution is 0.197. The Labute approximate surface area is 191 Å². The van der Waals surface area contributed by atoms with E-state index in [2.05, 4.69) is 17.4 Å². The van der Waals surface area contributed by atoms with Crippen LogP contribution < -0.4 is 10.4 Å². The first-order chi connectivity index (χ1) is 14.4. The van der Waals surface area contributed by atoms with Crippen LogP contribution in [-0.2, 0) is 0 Å². The number of thiocarbonyl (C=S) groups is 1. The minimum atomic E-state index is -0.274. The first kappa shape index (κ1) is 21.5. The highest BCUT2D eigenvalue weighted by molar-refractivity contribution is 7.82. The van der Waals surface area contributed by atoms with Crippen LogP contribution in [0.1, 0.15) is 37.8 Å². The summed E-state index contributed by atoms with van der Waals surface area (Å²) in [7, 11) is 0. The highest BCUT2D eigenvalue weighted by Gasteiger charge is 2.39. The maximum Gasteiger partial charge on any atom is 0.137 e. The van der Waals surface area contributed by atoms with Gasteiger partial charge in [-0.3, -0.25) is 5.01 Å². The summed E-state index contributed by atoms with van der Waals surface area (Å²) in [6.45, 7) is 4.02. The first-order valence-corrected chi connectivity index (χ1v) is 11.2. The van der Waals surface area contributed by atoms with Crippen molar-refractivity contribution in [1.82, 2.24) is 10.4 Å². The molecule has 30 heavy (non-hydrogen) atoms. The monoisotopic (exact) mass is 464 g/mol. The van der Waals surface area contributed by atoms with E-state index >= 15 is 0 Å². The van der Waals surface area contributed by atoms with Gasteiger partial charge in [-0.15, -0.1) is 0 Å². The van der Waals surface area contributed by atoms with Gasteiger partial charge in [0.25, 0.3) is 0 Å². The summed E-state index contributed by atoms with van der Waals surface area (Å²) in [4.78, 5) is 0.615. The van der Waals surface area contributed by atoms with Crippen LogP contribution in [0.5, 0.6) is 0 Å². The fourth-order valence-electron chi connectivity index (χ4n) is 4.05. The molecule has 2 heterocycles. The number of piperidine rings is 1. The first-order valence-electron chi connectivity index (χ1n) is 10.1. The molecule has 1 N–H and O–H groups in total. The third kappa shape index (κ3) is 4.47. The zero-order valence-electron chi connectivity index (χ0n) is 16.6. The molecule has 4 nitrogen and oxygen atoms in total. The standard InChI is InChI=1S/C22H23Cl2FN4S/c1-14-20(22(30)27-28-11-3-2-4-12-28)26-29(19-10-7-16(23)13-18(19)24)21(14)15-5-8-17(25)9-6-15/h5-10,13-14,21H,2-4,11-12H2,1H3,(H,27,30). The second-order valence-electron chi connectivity index (χ2n) is 7.70. The minimum Gasteiger partial charge on any atom is -0.308 e. The van der Waals surface area contributed by atoms with Crippen molar-refractivity contribution in [3.8, 4) is 0 Å². The lowest BCUT2D eigenvalue weighted by Crippen LogP contribution is -2.47. The maximum atomic E-state index is 13.6. The normalized spacial score (nSPS) is 22.1. The minimum absolute atomic E-state index is 0.0213. The molecule has 0 saturated carbocycles. The molecule has 0 aromatic heterocycles. The molecule has 8 heteroatoms. The number of nitrogens with zero attached hydrogens (tertiary/aromatic N) is 3. The Balaban J connectivity index is 1.68. The van der Waals surface area contributed by atoms with Crippen molar-refractivity contribution in [2.24, 2.45) is 11.0 Å². The number of hydrogen-bond donors (Lipinski definition) is 1. The topological polar surface area (TPSA) is 30.9 Å². The molecule has 0 amide bonds. The van der Waals surface area contributed by atoms with E-state index in [1.54, 1.807) is 24.3 Å². The van der Waals surface area contributed by atoms with E-state index in [-0.39, 0.29) is 17.8 Å². The Morgan fingerprint density at radius 3 is 2.47 bits per heavy atom. The summed E-state index contributed by atoms with van der Waals surface area (Å²) in [5.74, 6) is -0.295. The molecule has 1 saturated heterocycles. The molecule has 0 aliphatic carbocycles. The SMILES string of the molecule is CC1C(C(=S)NN2CCCCC2)=NN(c2ccc(Cl)cc2Cl)C1c1ccc(F)cc1. The molecule has 2 aromatic rings. The van der Waals surface area contributed by atoms with Gasteiger partial charge in [0.1, 0.15) is 16.5 Å².